The number of nitrogens with one attached hydrogen (secondary N) is 2. The summed E-state index contributed by atoms with van der Waals surface area (Å²) in [4.78, 5) is 8.59. The molecule has 100 valence electrons. The molecule has 0 aromatic carbocycles. The lowest BCUT2D eigenvalue weighted by Crippen LogP contribution is -2.20. The van der Waals surface area contributed by atoms with E-state index in [1.807, 2.05) is 7.05 Å². The van der Waals surface area contributed by atoms with E-state index in [1.54, 1.807) is 6.33 Å². The minimum absolute atomic E-state index is 0.563. The molecule has 0 radical (unpaired) electrons. The second-order valence-corrected chi connectivity index (χ2v) is 5.40. The highest BCUT2D eigenvalue weighted by Crippen LogP contribution is 2.26. The van der Waals surface area contributed by atoms with Crippen molar-refractivity contribution >= 4 is 11.6 Å². The van der Waals surface area contributed by atoms with Crippen LogP contribution in [-0.2, 0) is 0 Å². The zero-order chi connectivity index (χ0) is 13.0. The molecule has 0 spiro atoms. The molecule has 1 aromatic heterocycles. The quantitative estimate of drug-likeness (QED) is 0.806. The van der Waals surface area contributed by atoms with Gasteiger partial charge in [0.25, 0.3) is 0 Å². The molecule has 4 nitrogen and oxygen atoms in total. The molecule has 0 amide bonds. The number of nitrogens with zero attached hydrogens (tertiary/aromatic N) is 2. The number of aromatic nitrogens is 2. The Hall–Kier alpha value is -1.32. The van der Waals surface area contributed by atoms with Crippen molar-refractivity contribution in [2.24, 2.45) is 5.92 Å². The van der Waals surface area contributed by atoms with Gasteiger partial charge >= 0.3 is 0 Å². The normalized spacial score (nSPS) is 24.4. The lowest BCUT2D eigenvalue weighted by atomic mass is 10.0. The number of anilines is 2. The van der Waals surface area contributed by atoms with Gasteiger partial charge in [0.1, 0.15) is 18.0 Å². The summed E-state index contributed by atoms with van der Waals surface area (Å²) in [5.41, 5.74) is 1.11. The van der Waals surface area contributed by atoms with Crippen LogP contribution in [0.1, 0.15) is 44.6 Å². The van der Waals surface area contributed by atoms with Gasteiger partial charge in [0, 0.05) is 18.7 Å². The van der Waals surface area contributed by atoms with Crippen molar-refractivity contribution in [3.05, 3.63) is 11.9 Å². The summed E-state index contributed by atoms with van der Waals surface area (Å²) in [7, 11) is 1.90. The molecule has 1 aliphatic carbocycles. The van der Waals surface area contributed by atoms with Crippen LogP contribution in [0.25, 0.3) is 0 Å². The lowest BCUT2D eigenvalue weighted by Gasteiger charge is -2.19. The highest BCUT2D eigenvalue weighted by atomic mass is 15.1. The van der Waals surface area contributed by atoms with Crippen molar-refractivity contribution in [1.82, 2.24) is 9.97 Å². The smallest absolute Gasteiger partial charge is 0.134 e. The third-order valence-corrected chi connectivity index (χ3v) is 3.92. The molecule has 2 atom stereocenters. The van der Waals surface area contributed by atoms with E-state index in [1.165, 1.54) is 32.1 Å². The molecule has 2 unspecified atom stereocenters. The van der Waals surface area contributed by atoms with Crippen molar-refractivity contribution in [3.63, 3.8) is 0 Å². The summed E-state index contributed by atoms with van der Waals surface area (Å²) in [6.07, 6.45) is 8.13. The molecule has 0 saturated heterocycles. The third kappa shape index (κ3) is 3.12. The molecule has 0 aliphatic heterocycles. The Balaban J connectivity index is 2.04. The third-order valence-electron chi connectivity index (χ3n) is 3.92. The summed E-state index contributed by atoms with van der Waals surface area (Å²) in [5, 5.41) is 6.69. The molecule has 18 heavy (non-hydrogen) atoms. The van der Waals surface area contributed by atoms with Gasteiger partial charge in [-0.15, -0.1) is 0 Å². The molecule has 2 rings (SSSR count). The summed E-state index contributed by atoms with van der Waals surface area (Å²) >= 11 is 0. The van der Waals surface area contributed by atoms with Crippen molar-refractivity contribution < 1.29 is 0 Å². The van der Waals surface area contributed by atoms with Crippen LogP contribution in [0.5, 0.6) is 0 Å². The second-order valence-electron chi connectivity index (χ2n) is 5.40. The van der Waals surface area contributed by atoms with Crippen LogP contribution in [0.4, 0.5) is 11.6 Å². The average Bonchev–Trinajstić information content (AvgIpc) is 2.57. The minimum Gasteiger partial charge on any atom is -0.373 e. The van der Waals surface area contributed by atoms with Gasteiger partial charge in [-0.1, -0.05) is 19.8 Å². The topological polar surface area (TPSA) is 49.8 Å². The van der Waals surface area contributed by atoms with Crippen LogP contribution in [0, 0.1) is 12.8 Å². The average molecular weight is 248 g/mol. The summed E-state index contributed by atoms with van der Waals surface area (Å²) in [5.74, 6) is 2.76. The van der Waals surface area contributed by atoms with E-state index >= 15 is 0 Å². The SMILES string of the molecule is CNc1ncnc(NC2CCCC(C)CC2)c1C. The van der Waals surface area contributed by atoms with E-state index in [0.717, 1.165) is 23.1 Å². The van der Waals surface area contributed by atoms with E-state index in [2.05, 4.69) is 34.4 Å². The van der Waals surface area contributed by atoms with E-state index in [0.29, 0.717) is 6.04 Å². The van der Waals surface area contributed by atoms with Crippen molar-refractivity contribution in [2.75, 3.05) is 17.7 Å². The maximum Gasteiger partial charge on any atom is 0.134 e. The molecular weight excluding hydrogens is 224 g/mol. The van der Waals surface area contributed by atoms with Crippen molar-refractivity contribution in [3.8, 4) is 0 Å². The molecule has 4 heteroatoms. The highest BCUT2D eigenvalue weighted by molar-refractivity contribution is 5.56. The van der Waals surface area contributed by atoms with Crippen molar-refractivity contribution in [2.45, 2.75) is 52.0 Å². The molecule has 1 saturated carbocycles. The van der Waals surface area contributed by atoms with Crippen LogP contribution in [0.15, 0.2) is 6.33 Å². The molecule has 1 heterocycles. The zero-order valence-electron chi connectivity index (χ0n) is 11.7. The monoisotopic (exact) mass is 248 g/mol. The maximum atomic E-state index is 4.37. The van der Waals surface area contributed by atoms with E-state index < -0.39 is 0 Å². The zero-order valence-corrected chi connectivity index (χ0v) is 11.7. The molecule has 2 N–H and O–H groups in total. The molecule has 1 fully saturated rings. The Morgan fingerprint density at radius 2 is 1.89 bits per heavy atom. The summed E-state index contributed by atoms with van der Waals surface area (Å²) < 4.78 is 0. The van der Waals surface area contributed by atoms with Crippen LogP contribution in [0.3, 0.4) is 0 Å². The first kappa shape index (κ1) is 13.1. The Kier molecular flexibility index (Phi) is 4.39. The second kappa shape index (κ2) is 6.03. The standard InChI is InChI=1S/C14H24N4/c1-10-5-4-6-12(8-7-10)18-14-11(2)13(15-3)16-9-17-14/h9-10,12H,4-8H2,1-3H3,(H2,15,16,17,18). The van der Waals surface area contributed by atoms with Crippen LogP contribution in [-0.4, -0.2) is 23.1 Å². The number of rotatable bonds is 3. The molecule has 0 bridgehead atoms. The molecule has 1 aliphatic rings. The Morgan fingerprint density at radius 1 is 1.11 bits per heavy atom. The fraction of sp³-hybridized carbons (Fsp3) is 0.714. The van der Waals surface area contributed by atoms with Crippen LogP contribution < -0.4 is 10.6 Å². The van der Waals surface area contributed by atoms with E-state index in [-0.39, 0.29) is 0 Å². The Labute approximate surface area is 110 Å². The van der Waals surface area contributed by atoms with Crippen LogP contribution in [0.2, 0.25) is 0 Å². The predicted octanol–water partition coefficient (Wildman–Crippen LogP) is 3.21. The van der Waals surface area contributed by atoms with Gasteiger partial charge < -0.3 is 10.6 Å². The first-order valence-corrected chi connectivity index (χ1v) is 6.96. The van der Waals surface area contributed by atoms with Gasteiger partial charge in [0.15, 0.2) is 0 Å². The molecular formula is C14H24N4. The fourth-order valence-electron chi connectivity index (χ4n) is 2.67. The fourth-order valence-corrected chi connectivity index (χ4v) is 2.67. The van der Waals surface area contributed by atoms with Gasteiger partial charge in [-0.25, -0.2) is 9.97 Å². The van der Waals surface area contributed by atoms with Gasteiger partial charge in [-0.3, -0.25) is 0 Å². The van der Waals surface area contributed by atoms with Gasteiger partial charge in [-0.05, 0) is 32.1 Å². The molecule has 1 aromatic rings. The first-order chi connectivity index (χ1) is 8.70. The largest absolute Gasteiger partial charge is 0.373 e. The number of hydrogen-bond donors (Lipinski definition) is 2. The summed E-state index contributed by atoms with van der Waals surface area (Å²) in [6, 6.07) is 0.563. The van der Waals surface area contributed by atoms with E-state index in [4.69, 9.17) is 0 Å². The van der Waals surface area contributed by atoms with Gasteiger partial charge in [0.05, 0.1) is 0 Å². The highest BCUT2D eigenvalue weighted by Gasteiger charge is 2.17. The van der Waals surface area contributed by atoms with Gasteiger partial charge in [0.2, 0.25) is 0 Å². The predicted molar refractivity (Wildman–Crippen MR) is 76.0 cm³/mol. The van der Waals surface area contributed by atoms with Crippen LogP contribution >= 0.6 is 0 Å². The lowest BCUT2D eigenvalue weighted by molar-refractivity contribution is 0.502. The number of hydrogen-bond acceptors (Lipinski definition) is 4. The minimum atomic E-state index is 0.563. The Bertz CT molecular complexity index is 391. The summed E-state index contributed by atoms with van der Waals surface area (Å²) in [6.45, 7) is 4.42. The van der Waals surface area contributed by atoms with E-state index in [9.17, 15) is 0 Å². The van der Waals surface area contributed by atoms with Crippen molar-refractivity contribution in [1.29, 1.82) is 0 Å². The maximum absolute atomic E-state index is 4.37. The van der Waals surface area contributed by atoms with Gasteiger partial charge in [-0.2, -0.15) is 0 Å². The Morgan fingerprint density at radius 3 is 2.67 bits per heavy atom. The first-order valence-electron chi connectivity index (χ1n) is 6.96.